The van der Waals surface area contributed by atoms with Crippen LogP contribution >= 0.6 is 0 Å². The minimum absolute atomic E-state index is 0.127. The lowest BCUT2D eigenvalue weighted by molar-refractivity contribution is -0.135. The molecule has 2 fully saturated rings. The van der Waals surface area contributed by atoms with Crippen molar-refractivity contribution in [2.24, 2.45) is 23.5 Å². The molecule has 4 heterocycles. The Morgan fingerprint density at radius 1 is 0.800 bits per heavy atom. The maximum atomic E-state index is 13.9. The third-order valence-electron chi connectivity index (χ3n) is 12.5. The van der Waals surface area contributed by atoms with Crippen molar-refractivity contribution in [2.75, 3.05) is 26.8 Å². The van der Waals surface area contributed by atoms with Crippen molar-refractivity contribution >= 4 is 61.5 Å². The number of carbonyl (C=O) groups is 3. The van der Waals surface area contributed by atoms with Crippen molar-refractivity contribution in [3.8, 4) is 11.1 Å². The van der Waals surface area contributed by atoms with Gasteiger partial charge in [0.2, 0.25) is 11.8 Å². The first-order valence-corrected chi connectivity index (χ1v) is 20.7. The number of amides is 3. The number of nitrogens with one attached hydrogen (secondary N) is 3. The van der Waals surface area contributed by atoms with Crippen LogP contribution in [0.25, 0.3) is 54.7 Å². The molecule has 2 aliphatic heterocycles. The molecule has 60 heavy (non-hydrogen) atoms. The van der Waals surface area contributed by atoms with E-state index >= 15 is 0 Å². The molecule has 5 aromatic carbocycles. The van der Waals surface area contributed by atoms with Gasteiger partial charge in [-0.2, -0.15) is 0 Å². The molecule has 0 bridgehead atoms. The Labute approximate surface area is 347 Å². The van der Waals surface area contributed by atoms with Crippen LogP contribution in [0.1, 0.15) is 69.0 Å². The Morgan fingerprint density at radius 3 is 1.92 bits per heavy atom. The minimum atomic E-state index is -1.21. The predicted molar refractivity (Wildman–Crippen MR) is 232 cm³/mol. The Balaban J connectivity index is 0.994. The fraction of sp³-hybridized carbons (Fsp3) is 0.340. The molecule has 0 aliphatic carbocycles. The Bertz CT molecular complexity index is 2760. The van der Waals surface area contributed by atoms with Crippen LogP contribution in [0.4, 0.5) is 4.79 Å². The van der Waals surface area contributed by atoms with E-state index in [-0.39, 0.29) is 41.7 Å². The highest BCUT2D eigenvalue weighted by Gasteiger charge is 2.41. The number of nitrogens with zero attached hydrogens (tertiary/aromatic N) is 4. The zero-order chi connectivity index (χ0) is 41.8. The topological polar surface area (TPSA) is 183 Å². The fourth-order valence-corrected chi connectivity index (χ4v) is 9.47. The summed E-state index contributed by atoms with van der Waals surface area (Å²) >= 11 is 0. The quantitative estimate of drug-likeness (QED) is 0.0926. The first-order chi connectivity index (χ1) is 29.0. The number of fused-ring (bicyclic) bond motifs is 6. The van der Waals surface area contributed by atoms with Crippen molar-refractivity contribution in [3.63, 3.8) is 0 Å². The zero-order valence-electron chi connectivity index (χ0n) is 34.2. The number of rotatable bonds is 10. The Hall–Kier alpha value is -6.31. The Morgan fingerprint density at radius 2 is 1.37 bits per heavy atom. The molecule has 9 rings (SSSR count). The molecule has 6 N–H and O–H groups in total. The molecule has 0 saturated carbocycles. The molecular weight excluding hydrogens is 757 g/mol. The highest BCUT2D eigenvalue weighted by atomic mass is 16.5. The second-order valence-electron chi connectivity index (χ2n) is 17.0. The predicted octanol–water partition coefficient (Wildman–Crippen LogP) is 7.85. The van der Waals surface area contributed by atoms with Crippen LogP contribution in [0.2, 0.25) is 0 Å². The number of hydrogen-bond acceptors (Lipinski definition) is 7. The molecule has 2 aliphatic rings. The lowest BCUT2D eigenvalue weighted by Crippen LogP contribution is -2.50. The van der Waals surface area contributed by atoms with E-state index < -0.39 is 18.2 Å². The summed E-state index contributed by atoms with van der Waals surface area (Å²) in [5.74, 6) is 1.30. The van der Waals surface area contributed by atoms with Crippen molar-refractivity contribution in [3.05, 3.63) is 108 Å². The van der Waals surface area contributed by atoms with E-state index in [0.717, 1.165) is 79.0 Å². The summed E-state index contributed by atoms with van der Waals surface area (Å²) in [5, 5.41) is 16.0. The average molecular weight is 807 g/mol. The number of carbonyl (C=O) groups excluding carboxylic acids is 2. The van der Waals surface area contributed by atoms with Crippen molar-refractivity contribution in [1.29, 1.82) is 0 Å². The van der Waals surface area contributed by atoms with E-state index in [0.29, 0.717) is 25.5 Å². The molecule has 13 heteroatoms. The van der Waals surface area contributed by atoms with Crippen molar-refractivity contribution in [1.82, 2.24) is 35.1 Å². The summed E-state index contributed by atoms with van der Waals surface area (Å²) in [7, 11) is 1.69. The normalized spacial score (nSPS) is 20.5. The summed E-state index contributed by atoms with van der Waals surface area (Å²) in [6.45, 7) is 7.42. The van der Waals surface area contributed by atoms with Crippen LogP contribution in [0, 0.1) is 17.8 Å². The first-order valence-electron chi connectivity index (χ1n) is 20.7. The van der Waals surface area contributed by atoms with Gasteiger partial charge in [-0.15, -0.1) is 0 Å². The fourth-order valence-electron chi connectivity index (χ4n) is 9.47. The number of H-pyrrole nitrogens is 2. The molecule has 0 unspecified atom stereocenters. The number of benzene rings is 5. The van der Waals surface area contributed by atoms with E-state index in [1.165, 1.54) is 0 Å². The van der Waals surface area contributed by atoms with E-state index in [2.05, 4.69) is 70.7 Å². The Kier molecular flexibility index (Phi) is 10.2. The molecule has 6 atom stereocenters. The number of methoxy groups -OCH3 is 1. The van der Waals surface area contributed by atoms with Gasteiger partial charge in [-0.3, -0.25) is 9.59 Å². The minimum Gasteiger partial charge on any atom is -0.465 e. The monoisotopic (exact) mass is 806 g/mol. The van der Waals surface area contributed by atoms with Gasteiger partial charge in [-0.25, -0.2) is 14.8 Å². The second-order valence-corrected chi connectivity index (χ2v) is 17.0. The van der Waals surface area contributed by atoms with E-state index in [1.807, 2.05) is 61.2 Å². The van der Waals surface area contributed by atoms with Crippen molar-refractivity contribution in [2.45, 2.75) is 57.8 Å². The van der Waals surface area contributed by atoms with Gasteiger partial charge in [0.05, 0.1) is 40.8 Å². The average Bonchev–Trinajstić information content (AvgIpc) is 4.06. The molecule has 2 saturated heterocycles. The highest BCUT2D eigenvalue weighted by molar-refractivity contribution is 6.07. The number of aromatic amines is 2. The molecular formula is C47H50N8O5. The van der Waals surface area contributed by atoms with Crippen LogP contribution in [0.5, 0.6) is 0 Å². The summed E-state index contributed by atoms with van der Waals surface area (Å²) < 4.78 is 5.51. The van der Waals surface area contributed by atoms with Gasteiger partial charge >= 0.3 is 6.09 Å². The lowest BCUT2D eigenvalue weighted by atomic mass is 9.98. The number of carboxylic acid groups (broad SMARTS) is 1. The molecule has 2 aromatic heterocycles. The molecule has 308 valence electrons. The van der Waals surface area contributed by atoms with Crippen LogP contribution in [-0.4, -0.2) is 85.6 Å². The van der Waals surface area contributed by atoms with Gasteiger partial charge in [0.1, 0.15) is 23.7 Å². The molecule has 7 aromatic rings. The van der Waals surface area contributed by atoms with Crippen LogP contribution in [0.3, 0.4) is 0 Å². The number of ether oxygens (including phenoxy) is 1. The molecule has 13 nitrogen and oxygen atoms in total. The van der Waals surface area contributed by atoms with Gasteiger partial charge in [-0.1, -0.05) is 87.5 Å². The van der Waals surface area contributed by atoms with Gasteiger partial charge in [0, 0.05) is 36.9 Å². The smallest absolute Gasteiger partial charge is 0.405 e. The SMILES string of the molecule is COC[C@H]1C[C@@H](c2nc3ccc4cc(-c5ccc6c(ccc7nc([C@@H]8C[C@H](C)CN8C(=O)[C@@H](NC(=O)O)C(C)C)[nH]c76)c5)ccc4c3[nH]2)N(C(=O)[C@H](N)c2ccccc2)C1. The number of aromatic nitrogens is 4. The van der Waals surface area contributed by atoms with Crippen LogP contribution in [-0.2, 0) is 14.3 Å². The van der Waals surface area contributed by atoms with E-state index in [4.69, 9.17) is 20.4 Å². The van der Waals surface area contributed by atoms with Gasteiger partial charge < -0.3 is 40.7 Å². The second kappa shape index (κ2) is 15.7. The maximum Gasteiger partial charge on any atom is 0.405 e. The summed E-state index contributed by atoms with van der Waals surface area (Å²) in [5.41, 5.74) is 12.9. The van der Waals surface area contributed by atoms with E-state index in [9.17, 15) is 19.5 Å². The first kappa shape index (κ1) is 39.2. The third kappa shape index (κ3) is 7.11. The zero-order valence-corrected chi connectivity index (χ0v) is 34.2. The summed E-state index contributed by atoms with van der Waals surface area (Å²) in [6.07, 6.45) is 0.244. The molecule has 0 radical (unpaired) electrons. The van der Waals surface area contributed by atoms with Gasteiger partial charge in [-0.05, 0) is 76.4 Å². The van der Waals surface area contributed by atoms with Crippen LogP contribution < -0.4 is 11.1 Å². The van der Waals surface area contributed by atoms with Crippen LogP contribution in [0.15, 0.2) is 91.0 Å². The maximum absolute atomic E-state index is 13.9. The number of imidazole rings is 2. The van der Waals surface area contributed by atoms with Gasteiger partial charge in [0.25, 0.3) is 0 Å². The highest BCUT2D eigenvalue weighted by Crippen LogP contribution is 2.40. The lowest BCUT2D eigenvalue weighted by Gasteiger charge is -2.29. The largest absolute Gasteiger partial charge is 0.465 e. The van der Waals surface area contributed by atoms with Crippen molar-refractivity contribution < 1.29 is 24.2 Å². The standard InChI is InChI=1S/C47H50N8O5/c1-25(2)40(53-47(58)59)46(57)54-22-26(3)18-37(54)43-49-35-16-12-31-20-29(10-14-33(31)41(35)51-43)30-11-15-34-32(21-30)13-17-36-42(34)52-44(50-36)38-19-27(24-60-4)23-55(38)45(56)39(48)28-8-6-5-7-9-28/h5-17,20-21,25-27,37-40,53H,18-19,22-24,48H2,1-4H3,(H,49,51)(H,50,52)(H,58,59)/t26-,27-,37-,38-,39+,40-/m0/s1. The third-order valence-corrected chi connectivity index (χ3v) is 12.5. The molecule has 0 spiro atoms. The number of hydrogen-bond donors (Lipinski definition) is 5. The summed E-state index contributed by atoms with van der Waals surface area (Å²) in [4.78, 5) is 59.9. The van der Waals surface area contributed by atoms with Gasteiger partial charge in [0.15, 0.2) is 0 Å². The molecule has 3 amide bonds. The number of nitrogens with two attached hydrogens (primary N) is 1. The summed E-state index contributed by atoms with van der Waals surface area (Å²) in [6, 6.07) is 28.4. The van der Waals surface area contributed by atoms with E-state index in [1.54, 1.807) is 12.0 Å². The number of likely N-dealkylation sites (tertiary alicyclic amines) is 2.